The zero-order valence-electron chi connectivity index (χ0n) is 9.65. The van der Waals surface area contributed by atoms with E-state index in [1.165, 1.54) is 12.1 Å². The lowest BCUT2D eigenvalue weighted by Gasteiger charge is -2.07. The maximum absolute atomic E-state index is 12.4. The molecule has 0 saturated carbocycles. The second-order valence-electron chi connectivity index (χ2n) is 3.98. The molecular weight excluding hydrogens is 277 g/mol. The largest absolute Gasteiger partial charge is 0.416 e. The summed E-state index contributed by atoms with van der Waals surface area (Å²) in [5.41, 5.74) is 0.540. The smallest absolute Gasteiger partial charge is 0.390 e. The summed E-state index contributed by atoms with van der Waals surface area (Å²) < 4.78 is 37.2. The molecule has 1 heterocycles. The van der Waals surface area contributed by atoms with Crippen molar-refractivity contribution < 1.29 is 18.0 Å². The Balaban J connectivity index is 2.06. The number of thiocarbonyl (C=S) groups is 1. The number of aliphatic imine (C=N–C) groups is 1. The lowest BCUT2D eigenvalue weighted by molar-refractivity contribution is -0.137. The molecule has 0 aromatic heterocycles. The molecule has 1 unspecified atom stereocenters. The van der Waals surface area contributed by atoms with Crippen LogP contribution >= 0.6 is 12.2 Å². The molecule has 0 radical (unpaired) electrons. The SMILES string of the molecule is FC(F)(F)c1ccc(C2=NOC(CN=C=S)C2)cc1. The molecule has 100 valence electrons. The van der Waals surface area contributed by atoms with Gasteiger partial charge in [0.15, 0.2) is 6.10 Å². The Kier molecular flexibility index (Phi) is 3.97. The zero-order valence-corrected chi connectivity index (χ0v) is 10.5. The van der Waals surface area contributed by atoms with Crippen molar-refractivity contribution in [1.82, 2.24) is 0 Å². The molecule has 1 aliphatic heterocycles. The fourth-order valence-corrected chi connectivity index (χ4v) is 1.76. The van der Waals surface area contributed by atoms with Crippen molar-refractivity contribution in [3.05, 3.63) is 35.4 Å². The average molecular weight is 286 g/mol. The highest BCUT2D eigenvalue weighted by Gasteiger charge is 2.30. The van der Waals surface area contributed by atoms with E-state index in [1.54, 1.807) is 0 Å². The Morgan fingerprint density at radius 3 is 2.63 bits per heavy atom. The molecule has 0 fully saturated rings. The Labute approximate surface area is 112 Å². The predicted octanol–water partition coefficient (Wildman–Crippen LogP) is 3.30. The topological polar surface area (TPSA) is 34.0 Å². The van der Waals surface area contributed by atoms with Crippen LogP contribution in [-0.2, 0) is 11.0 Å². The van der Waals surface area contributed by atoms with Crippen LogP contribution in [0.3, 0.4) is 0 Å². The zero-order chi connectivity index (χ0) is 13.9. The highest BCUT2D eigenvalue weighted by Crippen LogP contribution is 2.29. The summed E-state index contributed by atoms with van der Waals surface area (Å²) in [5.74, 6) is 0. The lowest BCUT2D eigenvalue weighted by Crippen LogP contribution is -2.12. The molecule has 0 spiro atoms. The van der Waals surface area contributed by atoms with Crippen molar-refractivity contribution in [1.29, 1.82) is 0 Å². The highest BCUT2D eigenvalue weighted by molar-refractivity contribution is 7.78. The number of halogens is 3. The number of hydrogen-bond donors (Lipinski definition) is 0. The fourth-order valence-electron chi connectivity index (χ4n) is 1.69. The highest BCUT2D eigenvalue weighted by atomic mass is 32.1. The molecule has 0 aliphatic carbocycles. The molecule has 0 amide bonds. The van der Waals surface area contributed by atoms with Gasteiger partial charge in [0.25, 0.3) is 0 Å². The van der Waals surface area contributed by atoms with E-state index in [0.29, 0.717) is 24.2 Å². The number of oxime groups is 1. The van der Waals surface area contributed by atoms with Gasteiger partial charge < -0.3 is 4.84 Å². The standard InChI is InChI=1S/C12H9F3N2OS/c13-12(14,15)9-3-1-8(2-4-9)11-5-10(18-17-11)6-16-7-19/h1-4,10H,5-6H2. The van der Waals surface area contributed by atoms with Crippen LogP contribution in [0, 0.1) is 0 Å². The van der Waals surface area contributed by atoms with Gasteiger partial charge in [-0.05, 0) is 29.9 Å². The first-order valence-electron chi connectivity index (χ1n) is 5.44. The summed E-state index contributed by atoms with van der Waals surface area (Å²) in [6.07, 6.45) is -4.07. The lowest BCUT2D eigenvalue weighted by atomic mass is 10.0. The van der Waals surface area contributed by atoms with Crippen LogP contribution in [0.15, 0.2) is 34.4 Å². The van der Waals surface area contributed by atoms with Gasteiger partial charge in [0.1, 0.15) is 0 Å². The van der Waals surface area contributed by atoms with Gasteiger partial charge in [-0.25, -0.2) is 4.99 Å². The molecule has 7 heteroatoms. The van der Waals surface area contributed by atoms with E-state index >= 15 is 0 Å². The van der Waals surface area contributed by atoms with Crippen LogP contribution in [0.4, 0.5) is 13.2 Å². The van der Waals surface area contributed by atoms with Crippen LogP contribution in [0.25, 0.3) is 0 Å². The summed E-state index contributed by atoms with van der Waals surface area (Å²) in [6.45, 7) is 0.344. The third-order valence-electron chi connectivity index (χ3n) is 2.64. The van der Waals surface area contributed by atoms with E-state index in [9.17, 15) is 13.2 Å². The molecule has 3 nitrogen and oxygen atoms in total. The minimum absolute atomic E-state index is 0.229. The number of isothiocyanates is 1. The monoisotopic (exact) mass is 286 g/mol. The number of nitrogens with zero attached hydrogens (tertiary/aromatic N) is 2. The average Bonchev–Trinajstić information content (AvgIpc) is 2.84. The van der Waals surface area contributed by atoms with E-state index in [-0.39, 0.29) is 6.10 Å². The molecule has 0 bridgehead atoms. The molecule has 1 aromatic carbocycles. The van der Waals surface area contributed by atoms with E-state index in [2.05, 4.69) is 27.5 Å². The first-order chi connectivity index (χ1) is 9.00. The number of benzene rings is 1. The van der Waals surface area contributed by atoms with Crippen molar-refractivity contribution in [2.75, 3.05) is 6.54 Å². The van der Waals surface area contributed by atoms with E-state index in [1.807, 2.05) is 0 Å². The fraction of sp³-hybridized carbons (Fsp3) is 0.333. The third-order valence-corrected chi connectivity index (χ3v) is 2.77. The van der Waals surface area contributed by atoms with Crippen molar-refractivity contribution >= 4 is 23.1 Å². The molecule has 0 saturated heterocycles. The minimum atomic E-state index is -4.33. The normalized spacial score (nSPS) is 18.5. The van der Waals surface area contributed by atoms with E-state index in [0.717, 1.165) is 12.1 Å². The summed E-state index contributed by atoms with van der Waals surface area (Å²) in [4.78, 5) is 8.85. The van der Waals surface area contributed by atoms with Gasteiger partial charge in [0.2, 0.25) is 0 Å². The second-order valence-corrected chi connectivity index (χ2v) is 4.16. The summed E-state index contributed by atoms with van der Waals surface area (Å²) in [6, 6.07) is 4.83. The van der Waals surface area contributed by atoms with Gasteiger partial charge in [-0.3, -0.25) is 0 Å². The molecule has 1 aromatic rings. The predicted molar refractivity (Wildman–Crippen MR) is 67.4 cm³/mol. The van der Waals surface area contributed by atoms with Gasteiger partial charge in [-0.15, -0.1) is 0 Å². The maximum atomic E-state index is 12.4. The van der Waals surface area contributed by atoms with Crippen LogP contribution in [0.2, 0.25) is 0 Å². The van der Waals surface area contributed by atoms with Crippen LogP contribution in [0.1, 0.15) is 17.5 Å². The molecule has 0 N–H and O–H groups in total. The van der Waals surface area contributed by atoms with Crippen molar-refractivity contribution in [2.45, 2.75) is 18.7 Å². The molecule has 1 aliphatic rings. The number of alkyl halides is 3. The minimum Gasteiger partial charge on any atom is -0.390 e. The van der Waals surface area contributed by atoms with Gasteiger partial charge >= 0.3 is 6.18 Å². The third kappa shape index (κ3) is 3.39. The number of rotatable bonds is 3. The Morgan fingerprint density at radius 1 is 1.37 bits per heavy atom. The molecular formula is C12H9F3N2OS. The van der Waals surface area contributed by atoms with Crippen LogP contribution in [0.5, 0.6) is 0 Å². The first-order valence-corrected chi connectivity index (χ1v) is 5.85. The number of hydrogen-bond acceptors (Lipinski definition) is 4. The molecule has 19 heavy (non-hydrogen) atoms. The van der Waals surface area contributed by atoms with Crippen molar-refractivity contribution in [3.8, 4) is 0 Å². The van der Waals surface area contributed by atoms with Crippen molar-refractivity contribution in [3.63, 3.8) is 0 Å². The Bertz CT molecular complexity index is 533. The van der Waals surface area contributed by atoms with Crippen LogP contribution < -0.4 is 0 Å². The Hall–Kier alpha value is -1.72. The quantitative estimate of drug-likeness (QED) is 0.631. The van der Waals surface area contributed by atoms with Gasteiger partial charge in [-0.2, -0.15) is 13.2 Å². The summed E-state index contributed by atoms with van der Waals surface area (Å²) in [7, 11) is 0. The second kappa shape index (κ2) is 5.50. The molecule has 2 rings (SSSR count). The van der Waals surface area contributed by atoms with Gasteiger partial charge in [0, 0.05) is 6.42 Å². The maximum Gasteiger partial charge on any atom is 0.416 e. The van der Waals surface area contributed by atoms with Gasteiger partial charge in [0.05, 0.1) is 23.0 Å². The van der Waals surface area contributed by atoms with E-state index in [4.69, 9.17) is 4.84 Å². The van der Waals surface area contributed by atoms with Gasteiger partial charge in [-0.1, -0.05) is 17.3 Å². The van der Waals surface area contributed by atoms with Crippen LogP contribution in [-0.4, -0.2) is 23.5 Å². The van der Waals surface area contributed by atoms with E-state index < -0.39 is 11.7 Å². The summed E-state index contributed by atoms with van der Waals surface area (Å²) in [5, 5.41) is 6.07. The summed E-state index contributed by atoms with van der Waals surface area (Å²) >= 11 is 4.44. The molecule has 1 atom stereocenters. The first kappa shape index (κ1) is 13.7. The van der Waals surface area contributed by atoms with Crippen molar-refractivity contribution in [2.24, 2.45) is 10.1 Å². The Morgan fingerprint density at radius 2 is 2.05 bits per heavy atom.